The van der Waals surface area contributed by atoms with E-state index in [9.17, 15) is 8.78 Å². The zero-order valence-corrected chi connectivity index (χ0v) is 5.12. The average molecular weight is 131 g/mol. The molecule has 1 fully saturated rings. The second-order valence-corrected chi connectivity index (χ2v) is 2.78. The van der Waals surface area contributed by atoms with Crippen molar-refractivity contribution < 1.29 is 8.78 Å². The van der Waals surface area contributed by atoms with Gasteiger partial charge < -0.3 is 0 Å². The zero-order chi connectivity index (χ0) is 7.12. The van der Waals surface area contributed by atoms with Crippen molar-refractivity contribution in [3.8, 4) is 6.07 Å². The molecular formula is C6H7F2N. The first-order valence-corrected chi connectivity index (χ1v) is 2.77. The van der Waals surface area contributed by atoms with Gasteiger partial charge in [0.05, 0.1) is 6.07 Å². The number of halogens is 2. The molecular weight excluding hydrogens is 124 g/mol. The molecule has 0 radical (unpaired) electrons. The SMILES string of the molecule is CC1(CC#N)CC1(F)F. The van der Waals surface area contributed by atoms with E-state index in [1.165, 1.54) is 6.92 Å². The molecule has 1 aliphatic rings. The fourth-order valence-electron chi connectivity index (χ4n) is 0.812. The van der Waals surface area contributed by atoms with Crippen LogP contribution in [0.15, 0.2) is 0 Å². The average Bonchev–Trinajstić information content (AvgIpc) is 2.07. The Hall–Kier alpha value is -0.650. The number of rotatable bonds is 1. The summed E-state index contributed by atoms with van der Waals surface area (Å²) in [6.07, 6.45) is -0.145. The van der Waals surface area contributed by atoms with Gasteiger partial charge in [0.25, 0.3) is 5.92 Å². The molecule has 0 N–H and O–H groups in total. The molecule has 0 aliphatic heterocycles. The molecule has 1 saturated carbocycles. The topological polar surface area (TPSA) is 23.8 Å². The summed E-state index contributed by atoms with van der Waals surface area (Å²) in [4.78, 5) is 0. The highest BCUT2D eigenvalue weighted by Crippen LogP contribution is 2.62. The van der Waals surface area contributed by atoms with Gasteiger partial charge in [0, 0.05) is 18.3 Å². The first-order valence-electron chi connectivity index (χ1n) is 2.77. The molecule has 1 rings (SSSR count). The van der Waals surface area contributed by atoms with Crippen LogP contribution in [-0.2, 0) is 0 Å². The summed E-state index contributed by atoms with van der Waals surface area (Å²) in [6, 6.07) is 1.75. The van der Waals surface area contributed by atoms with Crippen LogP contribution in [-0.4, -0.2) is 5.92 Å². The molecule has 0 spiro atoms. The molecule has 1 aliphatic carbocycles. The lowest BCUT2D eigenvalue weighted by molar-refractivity contribution is 0.0715. The predicted octanol–water partition coefficient (Wildman–Crippen LogP) is 1.95. The third-order valence-corrected chi connectivity index (χ3v) is 1.84. The van der Waals surface area contributed by atoms with Crippen molar-refractivity contribution in [2.24, 2.45) is 5.41 Å². The monoisotopic (exact) mass is 131 g/mol. The highest BCUT2D eigenvalue weighted by molar-refractivity contribution is 5.10. The van der Waals surface area contributed by atoms with E-state index >= 15 is 0 Å². The third-order valence-electron chi connectivity index (χ3n) is 1.84. The quantitative estimate of drug-likeness (QED) is 0.533. The van der Waals surface area contributed by atoms with Crippen LogP contribution in [0.3, 0.4) is 0 Å². The van der Waals surface area contributed by atoms with Crippen molar-refractivity contribution in [1.82, 2.24) is 0 Å². The van der Waals surface area contributed by atoms with Crippen molar-refractivity contribution >= 4 is 0 Å². The molecule has 1 unspecified atom stereocenters. The normalized spacial score (nSPS) is 37.6. The van der Waals surface area contributed by atoms with E-state index in [0.717, 1.165) is 0 Å². The minimum absolute atomic E-state index is 0.0278. The van der Waals surface area contributed by atoms with E-state index in [4.69, 9.17) is 5.26 Å². The van der Waals surface area contributed by atoms with Gasteiger partial charge in [-0.3, -0.25) is 0 Å². The van der Waals surface area contributed by atoms with Gasteiger partial charge in [-0.05, 0) is 0 Å². The number of hydrogen-bond acceptors (Lipinski definition) is 1. The van der Waals surface area contributed by atoms with Gasteiger partial charge in [-0.2, -0.15) is 5.26 Å². The van der Waals surface area contributed by atoms with Crippen molar-refractivity contribution in [3.05, 3.63) is 0 Å². The molecule has 0 aromatic heterocycles. The van der Waals surface area contributed by atoms with E-state index in [1.54, 1.807) is 6.07 Å². The smallest absolute Gasteiger partial charge is 0.206 e. The van der Waals surface area contributed by atoms with E-state index < -0.39 is 11.3 Å². The highest BCUT2D eigenvalue weighted by Gasteiger charge is 2.67. The summed E-state index contributed by atoms with van der Waals surface area (Å²) >= 11 is 0. The largest absolute Gasteiger partial charge is 0.255 e. The van der Waals surface area contributed by atoms with Crippen LogP contribution in [0.1, 0.15) is 19.8 Å². The summed E-state index contributed by atoms with van der Waals surface area (Å²) < 4.78 is 24.4. The maximum absolute atomic E-state index is 12.2. The zero-order valence-electron chi connectivity index (χ0n) is 5.12. The van der Waals surface area contributed by atoms with Crippen LogP contribution in [0.5, 0.6) is 0 Å². The van der Waals surface area contributed by atoms with E-state index in [-0.39, 0.29) is 12.8 Å². The summed E-state index contributed by atoms with van der Waals surface area (Å²) in [5, 5.41) is 8.09. The fourth-order valence-corrected chi connectivity index (χ4v) is 0.812. The first kappa shape index (κ1) is 6.47. The maximum atomic E-state index is 12.2. The van der Waals surface area contributed by atoms with Gasteiger partial charge in [-0.25, -0.2) is 8.78 Å². The molecule has 0 heterocycles. The second-order valence-electron chi connectivity index (χ2n) is 2.78. The van der Waals surface area contributed by atoms with Crippen LogP contribution < -0.4 is 0 Å². The summed E-state index contributed by atoms with van der Waals surface area (Å²) in [5.74, 6) is -2.57. The van der Waals surface area contributed by atoms with E-state index in [1.807, 2.05) is 0 Å². The number of alkyl halides is 2. The van der Waals surface area contributed by atoms with Gasteiger partial charge in [0.2, 0.25) is 0 Å². The van der Waals surface area contributed by atoms with Gasteiger partial charge in [-0.1, -0.05) is 6.92 Å². The minimum Gasteiger partial charge on any atom is -0.206 e. The fraction of sp³-hybridized carbons (Fsp3) is 0.833. The molecule has 1 atom stereocenters. The van der Waals surface area contributed by atoms with Crippen molar-refractivity contribution in [2.75, 3.05) is 0 Å². The Morgan fingerprint density at radius 1 is 1.67 bits per heavy atom. The predicted molar refractivity (Wildman–Crippen MR) is 27.9 cm³/mol. The molecule has 1 nitrogen and oxygen atoms in total. The Morgan fingerprint density at radius 2 is 2.11 bits per heavy atom. The molecule has 0 amide bonds. The van der Waals surface area contributed by atoms with Crippen LogP contribution in [0.25, 0.3) is 0 Å². The Morgan fingerprint density at radius 3 is 2.22 bits per heavy atom. The van der Waals surface area contributed by atoms with Gasteiger partial charge >= 0.3 is 0 Å². The molecule has 0 bridgehead atoms. The van der Waals surface area contributed by atoms with Crippen LogP contribution in [0, 0.1) is 16.7 Å². The van der Waals surface area contributed by atoms with Crippen LogP contribution in [0.2, 0.25) is 0 Å². The molecule has 0 aromatic rings. The lowest BCUT2D eigenvalue weighted by Crippen LogP contribution is -2.04. The number of nitrogens with zero attached hydrogens (tertiary/aromatic N) is 1. The minimum atomic E-state index is -2.57. The van der Waals surface area contributed by atoms with Crippen molar-refractivity contribution in [3.63, 3.8) is 0 Å². The maximum Gasteiger partial charge on any atom is 0.255 e. The van der Waals surface area contributed by atoms with Crippen LogP contribution >= 0.6 is 0 Å². The number of nitriles is 1. The number of hydrogen-bond donors (Lipinski definition) is 0. The van der Waals surface area contributed by atoms with Crippen LogP contribution in [0.4, 0.5) is 8.78 Å². The van der Waals surface area contributed by atoms with Gasteiger partial charge in [0.15, 0.2) is 0 Å². The van der Waals surface area contributed by atoms with E-state index in [0.29, 0.717) is 0 Å². The second kappa shape index (κ2) is 1.44. The summed E-state index contributed by atoms with van der Waals surface area (Å²) in [6.45, 7) is 1.44. The summed E-state index contributed by atoms with van der Waals surface area (Å²) in [7, 11) is 0. The molecule has 50 valence electrons. The Balaban J connectivity index is 2.55. The third kappa shape index (κ3) is 0.787. The van der Waals surface area contributed by atoms with E-state index in [2.05, 4.69) is 0 Å². The Labute approximate surface area is 52.3 Å². The molecule has 0 saturated heterocycles. The van der Waals surface area contributed by atoms with Gasteiger partial charge in [0.1, 0.15) is 0 Å². The molecule has 9 heavy (non-hydrogen) atoms. The molecule has 0 aromatic carbocycles. The Bertz CT molecular complexity index is 170. The first-order chi connectivity index (χ1) is 4.02. The van der Waals surface area contributed by atoms with Crippen molar-refractivity contribution in [2.45, 2.75) is 25.7 Å². The van der Waals surface area contributed by atoms with Gasteiger partial charge in [-0.15, -0.1) is 0 Å². The lowest BCUT2D eigenvalue weighted by Gasteiger charge is -2.00. The molecule has 3 heteroatoms. The Kier molecular flexibility index (Phi) is 1.03. The standard InChI is InChI=1S/C6H7F2N/c1-5(2-3-9)4-6(5,7)8/h2,4H2,1H3. The van der Waals surface area contributed by atoms with Crippen molar-refractivity contribution in [1.29, 1.82) is 5.26 Å². The summed E-state index contributed by atoms with van der Waals surface area (Å²) in [5.41, 5.74) is -0.998. The lowest BCUT2D eigenvalue weighted by atomic mass is 10.1. The highest BCUT2D eigenvalue weighted by atomic mass is 19.3.